The standard InChI is InChI=1S/C13H16BrN3O2/c1-7(2)16-11(18)6-15-12-9-4-3-8(14)5-10(9)17-13(12)19/h3-5,7,12,15H,6H2,1-2H3,(H,16,18)(H,17,19). The first-order valence-corrected chi connectivity index (χ1v) is 6.89. The number of benzene rings is 1. The number of hydrogen-bond acceptors (Lipinski definition) is 3. The molecule has 102 valence electrons. The third-order valence-corrected chi connectivity index (χ3v) is 3.26. The molecule has 0 aromatic heterocycles. The van der Waals surface area contributed by atoms with Gasteiger partial charge >= 0.3 is 0 Å². The Kier molecular flexibility index (Phi) is 4.21. The minimum Gasteiger partial charge on any atom is -0.353 e. The van der Waals surface area contributed by atoms with E-state index in [1.165, 1.54) is 0 Å². The minimum absolute atomic E-state index is 0.0925. The van der Waals surface area contributed by atoms with Crippen LogP contribution in [0, 0.1) is 0 Å². The molecular formula is C13H16BrN3O2. The maximum atomic E-state index is 11.9. The third kappa shape index (κ3) is 3.33. The van der Waals surface area contributed by atoms with Gasteiger partial charge in [0, 0.05) is 21.8 Å². The molecule has 2 rings (SSSR count). The molecule has 0 aliphatic carbocycles. The number of hydrogen-bond donors (Lipinski definition) is 3. The van der Waals surface area contributed by atoms with Gasteiger partial charge in [0.25, 0.3) is 0 Å². The van der Waals surface area contributed by atoms with Crippen LogP contribution in [0.5, 0.6) is 0 Å². The second kappa shape index (κ2) is 5.71. The second-order valence-corrected chi connectivity index (χ2v) is 5.67. The lowest BCUT2D eigenvalue weighted by atomic mass is 10.1. The number of nitrogens with one attached hydrogen (secondary N) is 3. The first-order valence-electron chi connectivity index (χ1n) is 6.10. The summed E-state index contributed by atoms with van der Waals surface area (Å²) in [6, 6.07) is 5.22. The average Bonchev–Trinajstić information content (AvgIpc) is 2.60. The monoisotopic (exact) mass is 325 g/mol. The first-order chi connectivity index (χ1) is 8.97. The molecule has 1 atom stereocenters. The molecule has 0 fully saturated rings. The van der Waals surface area contributed by atoms with Gasteiger partial charge < -0.3 is 10.6 Å². The lowest BCUT2D eigenvalue weighted by Gasteiger charge is -2.13. The smallest absolute Gasteiger partial charge is 0.246 e. The third-order valence-electron chi connectivity index (χ3n) is 2.76. The Hall–Kier alpha value is -1.40. The van der Waals surface area contributed by atoms with Crippen LogP contribution in [0.3, 0.4) is 0 Å². The molecule has 19 heavy (non-hydrogen) atoms. The van der Waals surface area contributed by atoms with E-state index in [-0.39, 0.29) is 24.4 Å². The minimum atomic E-state index is -0.471. The molecule has 1 aromatic rings. The number of fused-ring (bicyclic) bond motifs is 1. The molecule has 2 amide bonds. The molecule has 3 N–H and O–H groups in total. The van der Waals surface area contributed by atoms with Gasteiger partial charge in [-0.1, -0.05) is 22.0 Å². The molecule has 1 unspecified atom stereocenters. The fraction of sp³-hybridized carbons (Fsp3) is 0.385. The largest absolute Gasteiger partial charge is 0.353 e. The fourth-order valence-electron chi connectivity index (χ4n) is 2.01. The number of anilines is 1. The molecule has 0 saturated carbocycles. The van der Waals surface area contributed by atoms with Crippen molar-refractivity contribution in [1.82, 2.24) is 10.6 Å². The Balaban J connectivity index is 2.02. The van der Waals surface area contributed by atoms with E-state index in [0.29, 0.717) is 0 Å². The van der Waals surface area contributed by atoms with Crippen molar-refractivity contribution < 1.29 is 9.59 Å². The van der Waals surface area contributed by atoms with E-state index in [9.17, 15) is 9.59 Å². The zero-order valence-corrected chi connectivity index (χ0v) is 12.4. The highest BCUT2D eigenvalue weighted by Gasteiger charge is 2.30. The quantitative estimate of drug-likeness (QED) is 0.786. The van der Waals surface area contributed by atoms with Gasteiger partial charge in [-0.2, -0.15) is 0 Å². The molecule has 0 radical (unpaired) electrons. The summed E-state index contributed by atoms with van der Waals surface area (Å²) in [4.78, 5) is 23.4. The molecule has 5 nitrogen and oxygen atoms in total. The average molecular weight is 326 g/mol. The Morgan fingerprint density at radius 2 is 2.21 bits per heavy atom. The van der Waals surface area contributed by atoms with Crippen LogP contribution >= 0.6 is 15.9 Å². The second-order valence-electron chi connectivity index (χ2n) is 4.76. The summed E-state index contributed by atoms with van der Waals surface area (Å²) in [7, 11) is 0. The summed E-state index contributed by atoms with van der Waals surface area (Å²) in [5.41, 5.74) is 1.65. The van der Waals surface area contributed by atoms with Crippen LogP contribution in [0.4, 0.5) is 5.69 Å². The van der Waals surface area contributed by atoms with Crippen LogP contribution in [-0.2, 0) is 9.59 Å². The van der Waals surface area contributed by atoms with Crippen LogP contribution in [0.1, 0.15) is 25.5 Å². The number of halogens is 1. The van der Waals surface area contributed by atoms with Crippen molar-refractivity contribution >= 4 is 33.4 Å². The number of amides is 2. The van der Waals surface area contributed by atoms with Crippen LogP contribution in [0.2, 0.25) is 0 Å². The van der Waals surface area contributed by atoms with E-state index in [1.54, 1.807) is 0 Å². The van der Waals surface area contributed by atoms with E-state index in [1.807, 2.05) is 32.0 Å². The van der Waals surface area contributed by atoms with Crippen molar-refractivity contribution in [2.75, 3.05) is 11.9 Å². The highest BCUT2D eigenvalue weighted by atomic mass is 79.9. The summed E-state index contributed by atoms with van der Waals surface area (Å²) in [5.74, 6) is -0.251. The Morgan fingerprint density at radius 3 is 2.89 bits per heavy atom. The lowest BCUT2D eigenvalue weighted by Crippen LogP contribution is -2.40. The molecular weight excluding hydrogens is 310 g/mol. The molecule has 0 spiro atoms. The van der Waals surface area contributed by atoms with Gasteiger partial charge in [0.15, 0.2) is 0 Å². The van der Waals surface area contributed by atoms with Gasteiger partial charge in [-0.25, -0.2) is 0 Å². The van der Waals surface area contributed by atoms with Crippen molar-refractivity contribution in [2.24, 2.45) is 0 Å². The zero-order chi connectivity index (χ0) is 14.0. The van der Waals surface area contributed by atoms with Gasteiger partial charge in [-0.05, 0) is 26.0 Å². The molecule has 1 aliphatic rings. The topological polar surface area (TPSA) is 70.2 Å². The summed E-state index contributed by atoms with van der Waals surface area (Å²) in [6.07, 6.45) is 0. The number of carbonyl (C=O) groups is 2. The Morgan fingerprint density at radius 1 is 1.47 bits per heavy atom. The zero-order valence-electron chi connectivity index (χ0n) is 10.8. The fourth-order valence-corrected chi connectivity index (χ4v) is 2.37. The van der Waals surface area contributed by atoms with Gasteiger partial charge in [-0.15, -0.1) is 0 Å². The van der Waals surface area contributed by atoms with E-state index < -0.39 is 6.04 Å². The molecule has 1 heterocycles. The summed E-state index contributed by atoms with van der Waals surface area (Å²) in [5, 5.41) is 8.54. The van der Waals surface area contributed by atoms with Gasteiger partial charge in [0.1, 0.15) is 6.04 Å². The van der Waals surface area contributed by atoms with Gasteiger partial charge in [0.2, 0.25) is 11.8 Å². The Bertz CT molecular complexity index is 517. The van der Waals surface area contributed by atoms with Crippen LogP contribution in [0.15, 0.2) is 22.7 Å². The van der Waals surface area contributed by atoms with E-state index in [4.69, 9.17) is 0 Å². The lowest BCUT2D eigenvalue weighted by molar-refractivity contribution is -0.121. The van der Waals surface area contributed by atoms with Crippen molar-refractivity contribution in [3.63, 3.8) is 0 Å². The maximum absolute atomic E-state index is 11.9. The maximum Gasteiger partial charge on any atom is 0.246 e. The summed E-state index contributed by atoms with van der Waals surface area (Å²) >= 11 is 3.36. The van der Waals surface area contributed by atoms with E-state index in [2.05, 4.69) is 31.9 Å². The molecule has 0 saturated heterocycles. The predicted octanol–water partition coefficient (Wildman–Crippen LogP) is 1.56. The van der Waals surface area contributed by atoms with Crippen molar-refractivity contribution in [3.8, 4) is 0 Å². The molecule has 0 bridgehead atoms. The van der Waals surface area contributed by atoms with Crippen LogP contribution in [0.25, 0.3) is 0 Å². The highest BCUT2D eigenvalue weighted by Crippen LogP contribution is 2.32. The summed E-state index contributed by atoms with van der Waals surface area (Å²) in [6.45, 7) is 3.91. The molecule has 1 aliphatic heterocycles. The van der Waals surface area contributed by atoms with Crippen molar-refractivity contribution in [1.29, 1.82) is 0 Å². The first kappa shape index (κ1) is 14.0. The normalized spacial score (nSPS) is 17.3. The van der Waals surface area contributed by atoms with Gasteiger partial charge in [-0.3, -0.25) is 14.9 Å². The van der Waals surface area contributed by atoms with E-state index >= 15 is 0 Å². The number of carbonyl (C=O) groups excluding carboxylic acids is 2. The van der Waals surface area contributed by atoms with E-state index in [0.717, 1.165) is 15.7 Å². The molecule has 1 aromatic carbocycles. The van der Waals surface area contributed by atoms with Gasteiger partial charge in [0.05, 0.1) is 6.54 Å². The van der Waals surface area contributed by atoms with Crippen LogP contribution in [-0.4, -0.2) is 24.4 Å². The highest BCUT2D eigenvalue weighted by molar-refractivity contribution is 9.10. The Labute approximate surface area is 120 Å². The van der Waals surface area contributed by atoms with Crippen LogP contribution < -0.4 is 16.0 Å². The summed E-state index contributed by atoms with van der Waals surface area (Å²) < 4.78 is 0.907. The molecule has 6 heteroatoms. The number of rotatable bonds is 4. The SMILES string of the molecule is CC(C)NC(=O)CNC1C(=O)Nc2cc(Br)ccc21. The predicted molar refractivity (Wildman–Crippen MR) is 76.8 cm³/mol. The van der Waals surface area contributed by atoms with Crippen molar-refractivity contribution in [3.05, 3.63) is 28.2 Å². The van der Waals surface area contributed by atoms with Crippen molar-refractivity contribution in [2.45, 2.75) is 25.9 Å².